The minimum atomic E-state index is -0.788. The number of aliphatic carboxylic acids is 1. The topological polar surface area (TPSA) is 78.9 Å². The van der Waals surface area contributed by atoms with E-state index in [4.69, 9.17) is 5.11 Å². The van der Waals surface area contributed by atoms with E-state index in [1.165, 1.54) is 0 Å². The number of benzene rings is 1. The molecule has 0 amide bonds. The molecule has 5 nitrogen and oxygen atoms in total. The summed E-state index contributed by atoms with van der Waals surface area (Å²) >= 11 is 0. The van der Waals surface area contributed by atoms with E-state index in [1.807, 2.05) is 36.4 Å². The Kier molecular flexibility index (Phi) is 3.16. The molecule has 2 aromatic heterocycles. The van der Waals surface area contributed by atoms with Crippen LogP contribution in [0, 0.1) is 0 Å². The van der Waals surface area contributed by atoms with Gasteiger partial charge in [-0.25, -0.2) is 4.98 Å². The molecule has 0 spiro atoms. The first-order valence-electron chi connectivity index (χ1n) is 6.34. The van der Waals surface area contributed by atoms with Gasteiger partial charge < -0.3 is 10.1 Å². The number of H-pyrrole nitrogens is 1. The van der Waals surface area contributed by atoms with Crippen molar-refractivity contribution >= 4 is 17.0 Å². The molecule has 0 unspecified atom stereocenters. The van der Waals surface area contributed by atoms with Crippen LogP contribution in [-0.2, 0) is 11.2 Å². The lowest BCUT2D eigenvalue weighted by molar-refractivity contribution is -0.136. The number of aromatic amines is 1. The van der Waals surface area contributed by atoms with Crippen LogP contribution < -0.4 is 0 Å². The monoisotopic (exact) mass is 267 g/mol. The van der Waals surface area contributed by atoms with Crippen molar-refractivity contribution in [1.29, 1.82) is 0 Å². The SMILES string of the molecule is O=C(O)CCc1ccc2nc(-c3ccccn3)[nH]c2c1. The smallest absolute Gasteiger partial charge is 0.303 e. The average Bonchev–Trinajstić information content (AvgIpc) is 2.89. The summed E-state index contributed by atoms with van der Waals surface area (Å²) in [4.78, 5) is 22.6. The highest BCUT2D eigenvalue weighted by Crippen LogP contribution is 2.20. The minimum Gasteiger partial charge on any atom is -0.481 e. The molecule has 0 atom stereocenters. The van der Waals surface area contributed by atoms with Crippen LogP contribution in [0.25, 0.3) is 22.6 Å². The lowest BCUT2D eigenvalue weighted by Gasteiger charge is -1.97. The van der Waals surface area contributed by atoms with Gasteiger partial charge in [0.2, 0.25) is 0 Å². The third-order valence-corrected chi connectivity index (χ3v) is 3.08. The first kappa shape index (κ1) is 12.3. The Hall–Kier alpha value is -2.69. The lowest BCUT2D eigenvalue weighted by atomic mass is 10.1. The van der Waals surface area contributed by atoms with E-state index in [0.717, 1.165) is 28.1 Å². The van der Waals surface area contributed by atoms with Gasteiger partial charge in [0.1, 0.15) is 5.69 Å². The molecule has 0 bridgehead atoms. The summed E-state index contributed by atoms with van der Waals surface area (Å²) in [6.45, 7) is 0. The number of hydrogen-bond donors (Lipinski definition) is 2. The van der Waals surface area contributed by atoms with E-state index in [-0.39, 0.29) is 6.42 Å². The molecule has 2 N–H and O–H groups in total. The minimum absolute atomic E-state index is 0.132. The van der Waals surface area contributed by atoms with Crippen molar-refractivity contribution in [3.63, 3.8) is 0 Å². The molecule has 0 aliphatic carbocycles. The largest absolute Gasteiger partial charge is 0.481 e. The number of carboxylic acid groups (broad SMARTS) is 1. The van der Waals surface area contributed by atoms with E-state index in [2.05, 4.69) is 15.0 Å². The van der Waals surface area contributed by atoms with Crippen LogP contribution >= 0.6 is 0 Å². The highest BCUT2D eigenvalue weighted by Gasteiger charge is 2.07. The Morgan fingerprint density at radius 1 is 1.25 bits per heavy atom. The van der Waals surface area contributed by atoms with E-state index in [1.54, 1.807) is 6.20 Å². The third-order valence-electron chi connectivity index (χ3n) is 3.08. The van der Waals surface area contributed by atoms with E-state index >= 15 is 0 Å². The molecule has 20 heavy (non-hydrogen) atoms. The van der Waals surface area contributed by atoms with Gasteiger partial charge in [0, 0.05) is 12.6 Å². The maximum Gasteiger partial charge on any atom is 0.303 e. The highest BCUT2D eigenvalue weighted by molar-refractivity contribution is 5.79. The van der Waals surface area contributed by atoms with Crippen molar-refractivity contribution in [2.24, 2.45) is 0 Å². The third kappa shape index (κ3) is 2.51. The maximum absolute atomic E-state index is 10.6. The first-order valence-corrected chi connectivity index (χ1v) is 6.34. The van der Waals surface area contributed by atoms with Crippen LogP contribution in [0.3, 0.4) is 0 Å². The number of carboxylic acids is 1. The molecule has 100 valence electrons. The Balaban J connectivity index is 1.93. The highest BCUT2D eigenvalue weighted by atomic mass is 16.4. The molecule has 3 aromatic rings. The Labute approximate surface area is 115 Å². The van der Waals surface area contributed by atoms with Gasteiger partial charge in [0.25, 0.3) is 0 Å². The molecule has 5 heteroatoms. The zero-order valence-electron chi connectivity index (χ0n) is 10.7. The zero-order chi connectivity index (χ0) is 13.9. The van der Waals surface area contributed by atoms with E-state index < -0.39 is 5.97 Å². The Morgan fingerprint density at radius 2 is 2.15 bits per heavy atom. The molecule has 0 fully saturated rings. The number of aromatic nitrogens is 3. The molecular formula is C15H13N3O2. The number of nitrogens with one attached hydrogen (secondary N) is 1. The molecule has 0 aliphatic rings. The number of rotatable bonds is 4. The molecule has 3 rings (SSSR count). The van der Waals surface area contributed by atoms with Gasteiger partial charge >= 0.3 is 5.97 Å². The van der Waals surface area contributed by atoms with Gasteiger partial charge in [-0.15, -0.1) is 0 Å². The average molecular weight is 267 g/mol. The second-order valence-corrected chi connectivity index (χ2v) is 4.55. The number of carbonyl (C=O) groups is 1. The van der Waals surface area contributed by atoms with Gasteiger partial charge in [-0.3, -0.25) is 9.78 Å². The van der Waals surface area contributed by atoms with Gasteiger partial charge in [0.05, 0.1) is 11.0 Å². The number of nitrogens with zero attached hydrogens (tertiary/aromatic N) is 2. The molecule has 2 heterocycles. The standard InChI is InChI=1S/C15H13N3O2/c19-14(20)7-5-10-4-6-11-13(9-10)18-15(17-11)12-3-1-2-8-16-12/h1-4,6,8-9H,5,7H2,(H,17,18)(H,19,20). The predicted octanol–water partition coefficient (Wildman–Crippen LogP) is 2.64. The van der Waals surface area contributed by atoms with Crippen LogP contribution in [0.15, 0.2) is 42.6 Å². The maximum atomic E-state index is 10.6. The van der Waals surface area contributed by atoms with Gasteiger partial charge in [-0.05, 0) is 36.2 Å². The second-order valence-electron chi connectivity index (χ2n) is 4.55. The van der Waals surface area contributed by atoms with Crippen LogP contribution in [0.2, 0.25) is 0 Å². The predicted molar refractivity (Wildman–Crippen MR) is 75.3 cm³/mol. The van der Waals surface area contributed by atoms with Crippen molar-refractivity contribution in [1.82, 2.24) is 15.0 Å². The van der Waals surface area contributed by atoms with Crippen LogP contribution in [0.1, 0.15) is 12.0 Å². The number of hydrogen-bond acceptors (Lipinski definition) is 3. The summed E-state index contributed by atoms with van der Waals surface area (Å²) in [5.74, 6) is -0.0696. The number of aryl methyl sites for hydroxylation is 1. The number of fused-ring (bicyclic) bond motifs is 1. The number of imidazole rings is 1. The van der Waals surface area contributed by atoms with Crippen LogP contribution in [0.4, 0.5) is 0 Å². The fourth-order valence-electron chi connectivity index (χ4n) is 2.09. The van der Waals surface area contributed by atoms with Crippen molar-refractivity contribution in [2.75, 3.05) is 0 Å². The summed E-state index contributed by atoms with van der Waals surface area (Å²) in [6, 6.07) is 11.4. The summed E-state index contributed by atoms with van der Waals surface area (Å²) < 4.78 is 0. The molecule has 0 saturated heterocycles. The summed E-state index contributed by atoms with van der Waals surface area (Å²) in [5, 5.41) is 8.71. The molecule has 0 aliphatic heterocycles. The van der Waals surface area contributed by atoms with E-state index in [9.17, 15) is 4.79 Å². The van der Waals surface area contributed by atoms with E-state index in [0.29, 0.717) is 6.42 Å². The quantitative estimate of drug-likeness (QED) is 0.761. The molecular weight excluding hydrogens is 254 g/mol. The van der Waals surface area contributed by atoms with Crippen LogP contribution in [-0.4, -0.2) is 26.0 Å². The second kappa shape index (κ2) is 5.13. The van der Waals surface area contributed by atoms with Crippen molar-refractivity contribution < 1.29 is 9.90 Å². The van der Waals surface area contributed by atoms with Gasteiger partial charge in [0.15, 0.2) is 5.82 Å². The van der Waals surface area contributed by atoms with Gasteiger partial charge in [-0.1, -0.05) is 12.1 Å². The fourth-order valence-corrected chi connectivity index (χ4v) is 2.09. The molecule has 1 aromatic carbocycles. The van der Waals surface area contributed by atoms with Gasteiger partial charge in [-0.2, -0.15) is 0 Å². The lowest BCUT2D eigenvalue weighted by Crippen LogP contribution is -1.97. The van der Waals surface area contributed by atoms with Crippen molar-refractivity contribution in [3.8, 4) is 11.5 Å². The Morgan fingerprint density at radius 3 is 2.90 bits per heavy atom. The summed E-state index contributed by atoms with van der Waals surface area (Å²) in [6.07, 6.45) is 2.37. The van der Waals surface area contributed by atoms with Crippen molar-refractivity contribution in [2.45, 2.75) is 12.8 Å². The number of pyridine rings is 1. The molecule has 0 saturated carbocycles. The Bertz CT molecular complexity index is 750. The molecule has 0 radical (unpaired) electrons. The fraction of sp³-hybridized carbons (Fsp3) is 0.133. The summed E-state index contributed by atoms with van der Waals surface area (Å²) in [5.41, 5.74) is 3.52. The summed E-state index contributed by atoms with van der Waals surface area (Å²) in [7, 11) is 0. The zero-order valence-corrected chi connectivity index (χ0v) is 10.7. The van der Waals surface area contributed by atoms with Crippen molar-refractivity contribution in [3.05, 3.63) is 48.2 Å². The normalized spacial score (nSPS) is 10.8. The first-order chi connectivity index (χ1) is 9.72. The van der Waals surface area contributed by atoms with Crippen LogP contribution in [0.5, 0.6) is 0 Å².